The highest BCUT2D eigenvalue weighted by Gasteiger charge is 2.40. The summed E-state index contributed by atoms with van der Waals surface area (Å²) in [6, 6.07) is 8.84. The van der Waals surface area contributed by atoms with Gasteiger partial charge in [0.05, 0.1) is 5.69 Å². The molecule has 0 saturated carbocycles. The molecule has 0 unspecified atom stereocenters. The summed E-state index contributed by atoms with van der Waals surface area (Å²) in [5.41, 5.74) is 6.05. The highest BCUT2D eigenvalue weighted by molar-refractivity contribution is 8.00. The van der Waals surface area contributed by atoms with Gasteiger partial charge >= 0.3 is 0 Å². The van der Waals surface area contributed by atoms with Crippen LogP contribution in [0.5, 0.6) is 0 Å². The van der Waals surface area contributed by atoms with Crippen LogP contribution in [-0.2, 0) is 9.59 Å². The Hall–Kier alpha value is -2.48. The van der Waals surface area contributed by atoms with Gasteiger partial charge in [0.1, 0.15) is 11.6 Å². The first-order valence-corrected chi connectivity index (χ1v) is 7.06. The van der Waals surface area contributed by atoms with E-state index in [1.54, 1.807) is 24.3 Å². The molecule has 8 heteroatoms. The summed E-state index contributed by atoms with van der Waals surface area (Å²) in [6.07, 6.45) is 1.39. The summed E-state index contributed by atoms with van der Waals surface area (Å²) >= 11 is 1.12. The van der Waals surface area contributed by atoms with E-state index in [4.69, 9.17) is 5.73 Å². The molecular formula is C13H11N5O2S. The molecule has 1 saturated heterocycles. The highest BCUT2D eigenvalue weighted by atomic mass is 32.2. The Morgan fingerprint density at radius 1 is 1.19 bits per heavy atom. The van der Waals surface area contributed by atoms with Gasteiger partial charge in [0.25, 0.3) is 0 Å². The van der Waals surface area contributed by atoms with Gasteiger partial charge in [-0.2, -0.15) is 4.98 Å². The van der Waals surface area contributed by atoms with E-state index in [0.29, 0.717) is 10.8 Å². The third-order valence-electron chi connectivity index (χ3n) is 2.94. The lowest BCUT2D eigenvalue weighted by molar-refractivity contribution is -0.121. The molecule has 7 nitrogen and oxygen atoms in total. The lowest BCUT2D eigenvalue weighted by Crippen LogP contribution is -2.31. The molecule has 1 aliphatic heterocycles. The molecule has 0 bridgehead atoms. The second-order valence-electron chi connectivity index (χ2n) is 4.34. The highest BCUT2D eigenvalue weighted by Crippen LogP contribution is 2.32. The minimum atomic E-state index is -0.542. The number of carbonyl (C=O) groups is 2. The topological polar surface area (TPSA) is 102 Å². The maximum absolute atomic E-state index is 12.4. The molecule has 1 aliphatic rings. The van der Waals surface area contributed by atoms with Gasteiger partial charge in [-0.15, -0.1) is 0 Å². The summed E-state index contributed by atoms with van der Waals surface area (Å²) in [5, 5.41) is -0.205. The predicted octanol–water partition coefficient (Wildman–Crippen LogP) is 0.878. The molecule has 0 aliphatic carbocycles. The fourth-order valence-electron chi connectivity index (χ4n) is 2.02. The molecule has 2 heterocycles. The number of benzene rings is 1. The molecule has 3 rings (SSSR count). The van der Waals surface area contributed by atoms with Crippen molar-refractivity contribution in [3.8, 4) is 0 Å². The van der Waals surface area contributed by atoms with Crippen LogP contribution in [0.15, 0.2) is 41.8 Å². The van der Waals surface area contributed by atoms with Crippen LogP contribution in [0, 0.1) is 0 Å². The van der Waals surface area contributed by atoms with E-state index in [9.17, 15) is 9.59 Å². The van der Waals surface area contributed by atoms with Crippen molar-refractivity contribution >= 4 is 35.2 Å². The summed E-state index contributed by atoms with van der Waals surface area (Å²) in [5.74, 6) is -0.412. The van der Waals surface area contributed by atoms with Crippen molar-refractivity contribution in [1.82, 2.24) is 15.0 Å². The van der Waals surface area contributed by atoms with Gasteiger partial charge in [-0.05, 0) is 12.1 Å². The molecule has 106 valence electrons. The Labute approximate surface area is 124 Å². The lowest BCUT2D eigenvalue weighted by atomic mass is 10.3. The molecule has 0 spiro atoms. The van der Waals surface area contributed by atoms with Gasteiger partial charge in [-0.3, -0.25) is 9.59 Å². The van der Waals surface area contributed by atoms with Gasteiger partial charge in [0, 0.05) is 6.42 Å². The number of rotatable bonds is 3. The second kappa shape index (κ2) is 5.49. The zero-order valence-corrected chi connectivity index (χ0v) is 11.7. The average molecular weight is 301 g/mol. The Balaban J connectivity index is 1.81. The van der Waals surface area contributed by atoms with Crippen molar-refractivity contribution in [2.45, 2.75) is 16.8 Å². The first-order valence-electron chi connectivity index (χ1n) is 6.18. The summed E-state index contributed by atoms with van der Waals surface area (Å²) in [7, 11) is 0. The van der Waals surface area contributed by atoms with E-state index < -0.39 is 5.25 Å². The van der Waals surface area contributed by atoms with Gasteiger partial charge < -0.3 is 5.73 Å². The van der Waals surface area contributed by atoms with E-state index in [2.05, 4.69) is 15.0 Å². The summed E-state index contributed by atoms with van der Waals surface area (Å²) in [4.78, 5) is 37.2. The van der Waals surface area contributed by atoms with Crippen molar-refractivity contribution in [1.29, 1.82) is 0 Å². The Bertz CT molecular complexity index is 694. The minimum absolute atomic E-state index is 0.0872. The summed E-state index contributed by atoms with van der Waals surface area (Å²) in [6.45, 7) is 0. The van der Waals surface area contributed by atoms with Crippen LogP contribution >= 0.6 is 11.8 Å². The standard InChI is InChI=1S/C13H11N5O2S/c14-12-15-7-16-13(17-12)21-9-6-10(19)18(11(9)20)8-4-2-1-3-5-8/h1-5,7,9H,6H2,(H2,14,15,16,17)/t9-/m0/s1. The Morgan fingerprint density at radius 2 is 1.95 bits per heavy atom. The fourth-order valence-corrected chi connectivity index (χ4v) is 2.96. The first-order chi connectivity index (χ1) is 10.1. The van der Waals surface area contributed by atoms with Gasteiger partial charge in [0.15, 0.2) is 5.16 Å². The molecule has 1 atom stereocenters. The van der Waals surface area contributed by atoms with Gasteiger partial charge in [-0.1, -0.05) is 30.0 Å². The van der Waals surface area contributed by atoms with Gasteiger partial charge in [0.2, 0.25) is 17.8 Å². The van der Waals surface area contributed by atoms with Crippen molar-refractivity contribution < 1.29 is 9.59 Å². The van der Waals surface area contributed by atoms with Crippen LogP contribution < -0.4 is 10.6 Å². The number of aromatic nitrogens is 3. The van der Waals surface area contributed by atoms with E-state index in [1.165, 1.54) is 11.2 Å². The van der Waals surface area contributed by atoms with E-state index >= 15 is 0 Å². The van der Waals surface area contributed by atoms with E-state index in [0.717, 1.165) is 11.8 Å². The Morgan fingerprint density at radius 3 is 2.67 bits per heavy atom. The van der Waals surface area contributed by atoms with Crippen LogP contribution in [0.25, 0.3) is 0 Å². The van der Waals surface area contributed by atoms with Crippen molar-refractivity contribution in [3.63, 3.8) is 0 Å². The number of anilines is 2. The number of thioether (sulfide) groups is 1. The molecule has 0 radical (unpaired) electrons. The fraction of sp³-hybridized carbons (Fsp3) is 0.154. The number of imide groups is 1. The maximum Gasteiger partial charge on any atom is 0.247 e. The number of hydrogen-bond acceptors (Lipinski definition) is 7. The predicted molar refractivity (Wildman–Crippen MR) is 77.4 cm³/mol. The molecule has 2 N–H and O–H groups in total. The van der Waals surface area contributed by atoms with Crippen molar-refractivity contribution in [2.75, 3.05) is 10.6 Å². The number of amides is 2. The third-order valence-corrected chi connectivity index (χ3v) is 4.00. The SMILES string of the molecule is Nc1ncnc(S[C@H]2CC(=O)N(c3ccccc3)C2=O)n1. The molecule has 21 heavy (non-hydrogen) atoms. The lowest BCUT2D eigenvalue weighted by Gasteiger charge is -2.14. The van der Waals surface area contributed by atoms with Crippen LogP contribution in [0.4, 0.5) is 11.6 Å². The molecule has 1 fully saturated rings. The minimum Gasteiger partial charge on any atom is -0.368 e. The van der Waals surface area contributed by atoms with E-state index in [1.807, 2.05) is 6.07 Å². The Kier molecular flexibility index (Phi) is 3.53. The molecule has 2 aromatic rings. The number of nitrogens with two attached hydrogens (primary N) is 1. The number of nitrogen functional groups attached to an aromatic ring is 1. The molecule has 2 amide bonds. The van der Waals surface area contributed by atoms with Crippen LogP contribution in [0.1, 0.15) is 6.42 Å². The zero-order valence-electron chi connectivity index (χ0n) is 10.8. The van der Waals surface area contributed by atoms with Crippen LogP contribution in [0.2, 0.25) is 0 Å². The molecular weight excluding hydrogens is 290 g/mol. The first kappa shape index (κ1) is 13.5. The van der Waals surface area contributed by atoms with Crippen molar-refractivity contribution in [2.24, 2.45) is 0 Å². The largest absolute Gasteiger partial charge is 0.368 e. The number of para-hydroxylation sites is 1. The second-order valence-corrected chi connectivity index (χ2v) is 5.51. The smallest absolute Gasteiger partial charge is 0.247 e. The number of hydrogen-bond donors (Lipinski definition) is 1. The van der Waals surface area contributed by atoms with E-state index in [-0.39, 0.29) is 24.2 Å². The molecule has 1 aromatic carbocycles. The third kappa shape index (κ3) is 2.70. The zero-order chi connectivity index (χ0) is 14.8. The maximum atomic E-state index is 12.4. The number of carbonyl (C=O) groups excluding carboxylic acids is 2. The normalized spacial score (nSPS) is 18.3. The van der Waals surface area contributed by atoms with Crippen molar-refractivity contribution in [3.05, 3.63) is 36.7 Å². The summed E-state index contributed by atoms with van der Waals surface area (Å²) < 4.78 is 0. The number of nitrogens with zero attached hydrogens (tertiary/aromatic N) is 4. The van der Waals surface area contributed by atoms with Gasteiger partial charge in [-0.25, -0.2) is 14.9 Å². The average Bonchev–Trinajstić information content (AvgIpc) is 2.74. The molecule has 1 aromatic heterocycles. The van der Waals surface area contributed by atoms with Crippen LogP contribution in [0.3, 0.4) is 0 Å². The quantitative estimate of drug-likeness (QED) is 0.839. The van der Waals surface area contributed by atoms with Crippen LogP contribution in [-0.4, -0.2) is 32.0 Å². The monoisotopic (exact) mass is 301 g/mol.